The van der Waals surface area contributed by atoms with Gasteiger partial charge in [0.15, 0.2) is 18.5 Å². The van der Waals surface area contributed by atoms with Gasteiger partial charge in [0.25, 0.3) is 0 Å². The number of carbonyl (C=O) groups is 1. The van der Waals surface area contributed by atoms with Crippen molar-refractivity contribution in [1.29, 1.82) is 0 Å². The highest BCUT2D eigenvalue weighted by atomic mass is 19.3. The summed E-state index contributed by atoms with van der Waals surface area (Å²) in [5.74, 6) is -4.17. The van der Waals surface area contributed by atoms with E-state index in [-0.39, 0.29) is 12.2 Å². The second-order valence-corrected chi connectivity index (χ2v) is 5.30. The number of rotatable bonds is 7. The second-order valence-electron chi connectivity index (χ2n) is 5.30. The molecule has 0 spiro atoms. The highest BCUT2D eigenvalue weighted by Crippen LogP contribution is 2.37. The Hall–Kier alpha value is -1.57. The summed E-state index contributed by atoms with van der Waals surface area (Å²) in [5, 5.41) is 9.61. The van der Waals surface area contributed by atoms with Gasteiger partial charge in [0.2, 0.25) is 0 Å². The van der Waals surface area contributed by atoms with Crippen molar-refractivity contribution < 1.29 is 32.9 Å². The Morgan fingerprint density at radius 1 is 1.35 bits per heavy atom. The molecule has 0 amide bonds. The highest BCUT2D eigenvalue weighted by Gasteiger charge is 2.60. The van der Waals surface area contributed by atoms with E-state index in [0.29, 0.717) is 6.42 Å². The van der Waals surface area contributed by atoms with Gasteiger partial charge in [-0.05, 0) is 18.6 Å². The third kappa shape index (κ3) is 4.25. The van der Waals surface area contributed by atoms with Crippen LogP contribution in [0.15, 0.2) is 30.3 Å². The Labute approximate surface area is 133 Å². The molecule has 1 aliphatic heterocycles. The molecule has 3 atom stereocenters. The average molecular weight is 330 g/mol. The van der Waals surface area contributed by atoms with E-state index in [1.54, 1.807) is 18.2 Å². The lowest BCUT2D eigenvalue weighted by Crippen LogP contribution is -2.43. The lowest BCUT2D eigenvalue weighted by molar-refractivity contribution is -0.158. The molecule has 1 fully saturated rings. The molecule has 0 aromatic heterocycles. The van der Waals surface area contributed by atoms with Crippen molar-refractivity contribution in [3.8, 4) is 0 Å². The first-order valence-corrected chi connectivity index (χ1v) is 7.52. The van der Waals surface area contributed by atoms with Crippen LogP contribution in [0, 0.1) is 0 Å². The molecule has 1 unspecified atom stereocenters. The topological polar surface area (TPSA) is 65.0 Å². The van der Waals surface area contributed by atoms with Crippen molar-refractivity contribution in [3.05, 3.63) is 35.9 Å². The predicted molar refractivity (Wildman–Crippen MR) is 77.2 cm³/mol. The summed E-state index contributed by atoms with van der Waals surface area (Å²) in [6.07, 6.45) is -3.85. The monoisotopic (exact) mass is 330 g/mol. The smallest absolute Gasteiger partial charge is 0.338 e. The second kappa shape index (κ2) is 7.81. The van der Waals surface area contributed by atoms with E-state index in [0.717, 1.165) is 6.42 Å². The van der Waals surface area contributed by atoms with E-state index in [4.69, 9.17) is 14.2 Å². The number of hydrogen-bond acceptors (Lipinski definition) is 5. The van der Waals surface area contributed by atoms with Gasteiger partial charge in [-0.15, -0.1) is 0 Å². The summed E-state index contributed by atoms with van der Waals surface area (Å²) < 4.78 is 43.1. The van der Waals surface area contributed by atoms with Crippen LogP contribution in [0.4, 0.5) is 8.78 Å². The summed E-state index contributed by atoms with van der Waals surface area (Å²) in [6, 6.07) is 8.03. The van der Waals surface area contributed by atoms with Gasteiger partial charge in [0, 0.05) is 6.61 Å². The molecule has 1 aromatic carbocycles. The summed E-state index contributed by atoms with van der Waals surface area (Å²) in [4.78, 5) is 11.8. The zero-order valence-corrected chi connectivity index (χ0v) is 12.8. The first-order chi connectivity index (χ1) is 11.0. The van der Waals surface area contributed by atoms with Gasteiger partial charge in [0.1, 0.15) is 6.61 Å². The molecule has 0 bridgehead atoms. The first kappa shape index (κ1) is 17.8. The molecular weight excluding hydrogens is 310 g/mol. The molecule has 5 nitrogen and oxygen atoms in total. The van der Waals surface area contributed by atoms with E-state index in [9.17, 15) is 18.7 Å². The fourth-order valence-electron chi connectivity index (χ4n) is 2.21. The molecule has 1 aliphatic rings. The Kier molecular flexibility index (Phi) is 6.04. The molecule has 7 heteroatoms. The largest absolute Gasteiger partial charge is 0.459 e. The van der Waals surface area contributed by atoms with Crippen LogP contribution < -0.4 is 0 Å². The molecule has 1 saturated heterocycles. The summed E-state index contributed by atoms with van der Waals surface area (Å²) in [7, 11) is 0. The minimum atomic E-state index is -3.44. The lowest BCUT2D eigenvalue weighted by Gasteiger charge is -2.22. The van der Waals surface area contributed by atoms with Crippen molar-refractivity contribution in [2.75, 3.05) is 13.2 Å². The average Bonchev–Trinajstić information content (AvgIpc) is 2.76. The van der Waals surface area contributed by atoms with Crippen LogP contribution in [-0.2, 0) is 14.2 Å². The summed E-state index contributed by atoms with van der Waals surface area (Å²) >= 11 is 0. The normalized spacial score (nSPS) is 26.2. The van der Waals surface area contributed by atoms with Gasteiger partial charge in [-0.1, -0.05) is 31.5 Å². The first-order valence-electron chi connectivity index (χ1n) is 7.52. The van der Waals surface area contributed by atoms with Crippen molar-refractivity contribution in [2.24, 2.45) is 0 Å². The van der Waals surface area contributed by atoms with E-state index < -0.39 is 37.0 Å². The lowest BCUT2D eigenvalue weighted by atomic mass is 10.1. The molecular formula is C16H20F2O5. The number of alkyl halides is 2. The maximum absolute atomic E-state index is 14.2. The molecule has 0 radical (unpaired) electrons. The Bertz CT molecular complexity index is 508. The van der Waals surface area contributed by atoms with Gasteiger partial charge in [-0.2, -0.15) is 0 Å². The molecule has 1 heterocycles. The molecule has 1 N–H and O–H groups in total. The van der Waals surface area contributed by atoms with Crippen molar-refractivity contribution in [3.63, 3.8) is 0 Å². The number of hydrogen-bond donors (Lipinski definition) is 1. The van der Waals surface area contributed by atoms with E-state index in [1.807, 2.05) is 6.92 Å². The predicted octanol–water partition coefficient (Wildman–Crippen LogP) is 2.38. The number of aliphatic hydroxyl groups is 1. The van der Waals surface area contributed by atoms with Crippen LogP contribution in [0.25, 0.3) is 0 Å². The van der Waals surface area contributed by atoms with Crippen LogP contribution in [0.1, 0.15) is 30.1 Å². The fraction of sp³-hybridized carbons (Fsp3) is 0.562. The molecule has 0 saturated carbocycles. The number of carbonyl (C=O) groups excluding carboxylic acids is 1. The van der Waals surface area contributed by atoms with Gasteiger partial charge in [0.05, 0.1) is 5.56 Å². The van der Waals surface area contributed by atoms with Crippen molar-refractivity contribution >= 4 is 5.97 Å². The minimum absolute atomic E-state index is 0.105. The van der Waals surface area contributed by atoms with Crippen LogP contribution >= 0.6 is 0 Å². The number of benzene rings is 1. The third-order valence-corrected chi connectivity index (χ3v) is 3.54. The Morgan fingerprint density at radius 2 is 2.04 bits per heavy atom. The van der Waals surface area contributed by atoms with Crippen molar-refractivity contribution in [2.45, 2.75) is 44.2 Å². The molecule has 128 valence electrons. The van der Waals surface area contributed by atoms with E-state index in [2.05, 4.69) is 0 Å². The Morgan fingerprint density at radius 3 is 2.70 bits per heavy atom. The zero-order valence-electron chi connectivity index (χ0n) is 12.8. The standard InChI is InChI=1S/C16H20F2O5/c1-2-3-9-21-13-15(20)23-12(16(13,17)18)10-22-14(19)11-7-5-4-6-8-11/h4-8,12-13,15,20H,2-3,9-10H2,1H3/t12-,13+,15?/m1/s1. The number of aliphatic hydroxyl groups excluding tert-OH is 1. The Balaban J connectivity index is 1.91. The van der Waals surface area contributed by atoms with Crippen LogP contribution in [0.2, 0.25) is 0 Å². The van der Waals surface area contributed by atoms with Crippen LogP contribution in [0.3, 0.4) is 0 Å². The minimum Gasteiger partial charge on any atom is -0.459 e. The summed E-state index contributed by atoms with van der Waals surface area (Å²) in [5.41, 5.74) is 0.255. The summed E-state index contributed by atoms with van der Waals surface area (Å²) in [6.45, 7) is 1.34. The third-order valence-electron chi connectivity index (χ3n) is 3.54. The molecule has 23 heavy (non-hydrogen) atoms. The maximum atomic E-state index is 14.2. The molecule has 1 aromatic rings. The number of unbranched alkanes of at least 4 members (excludes halogenated alkanes) is 1. The van der Waals surface area contributed by atoms with Gasteiger partial charge < -0.3 is 19.3 Å². The van der Waals surface area contributed by atoms with E-state index >= 15 is 0 Å². The number of halogens is 2. The fourth-order valence-corrected chi connectivity index (χ4v) is 2.21. The zero-order chi connectivity index (χ0) is 16.9. The SMILES string of the molecule is CCCCO[C@H]1C(O)O[C@H](COC(=O)c2ccccc2)C1(F)F. The van der Waals surface area contributed by atoms with Crippen molar-refractivity contribution in [1.82, 2.24) is 0 Å². The van der Waals surface area contributed by atoms with Gasteiger partial charge >= 0.3 is 11.9 Å². The van der Waals surface area contributed by atoms with E-state index in [1.165, 1.54) is 12.1 Å². The maximum Gasteiger partial charge on any atom is 0.338 e. The van der Waals surface area contributed by atoms with Gasteiger partial charge in [-0.3, -0.25) is 0 Å². The molecule has 0 aliphatic carbocycles. The highest BCUT2D eigenvalue weighted by molar-refractivity contribution is 5.89. The van der Waals surface area contributed by atoms with Gasteiger partial charge in [-0.25, -0.2) is 13.6 Å². The number of esters is 1. The van der Waals surface area contributed by atoms with Crippen LogP contribution in [0.5, 0.6) is 0 Å². The molecule has 2 rings (SSSR count). The van der Waals surface area contributed by atoms with Crippen LogP contribution in [-0.4, -0.2) is 48.7 Å². The number of ether oxygens (including phenoxy) is 3. The quantitative estimate of drug-likeness (QED) is 0.614.